The van der Waals surface area contributed by atoms with Crippen LogP contribution in [0.15, 0.2) is 84.2 Å². The molecule has 4 aromatic rings. The molecule has 144 valence electrons. The van der Waals surface area contributed by atoms with Crippen molar-refractivity contribution in [3.05, 3.63) is 89.8 Å². The van der Waals surface area contributed by atoms with Gasteiger partial charge in [-0.05, 0) is 43.3 Å². The van der Waals surface area contributed by atoms with Gasteiger partial charge < -0.3 is 10.1 Å². The number of hydrogen-bond donors (Lipinski definition) is 1. The molecule has 5 heteroatoms. The van der Waals surface area contributed by atoms with Crippen molar-refractivity contribution in [3.8, 4) is 27.6 Å². The lowest BCUT2D eigenvalue weighted by molar-refractivity contribution is 0.102. The molecular weight excluding hydrogens is 380 g/mol. The van der Waals surface area contributed by atoms with Crippen LogP contribution in [0.1, 0.15) is 17.3 Å². The number of carbonyl (C=O) groups is 1. The van der Waals surface area contributed by atoms with Crippen LogP contribution >= 0.6 is 11.3 Å². The molecule has 0 aliphatic carbocycles. The molecule has 0 atom stereocenters. The van der Waals surface area contributed by atoms with Gasteiger partial charge in [0.2, 0.25) is 0 Å². The number of anilines is 1. The maximum Gasteiger partial charge on any atom is 0.255 e. The summed E-state index contributed by atoms with van der Waals surface area (Å²) in [5.74, 6) is 0.595. The Labute approximate surface area is 173 Å². The van der Waals surface area contributed by atoms with E-state index in [2.05, 4.69) is 17.4 Å². The van der Waals surface area contributed by atoms with Crippen molar-refractivity contribution < 1.29 is 9.53 Å². The Kier molecular flexibility index (Phi) is 5.68. The maximum absolute atomic E-state index is 12.6. The molecule has 1 N–H and O–H groups in total. The molecule has 1 amide bonds. The Morgan fingerprint density at radius 3 is 2.48 bits per heavy atom. The number of ether oxygens (including phenoxy) is 1. The third-order valence-corrected chi connectivity index (χ3v) is 5.26. The average Bonchev–Trinajstić information content (AvgIpc) is 3.26. The number of thiazole rings is 1. The molecule has 0 aliphatic heterocycles. The van der Waals surface area contributed by atoms with E-state index < -0.39 is 0 Å². The van der Waals surface area contributed by atoms with E-state index in [1.165, 1.54) is 0 Å². The lowest BCUT2D eigenvalue weighted by atomic mass is 10.1. The predicted molar refractivity (Wildman–Crippen MR) is 119 cm³/mol. The second kappa shape index (κ2) is 8.71. The highest BCUT2D eigenvalue weighted by molar-refractivity contribution is 7.13. The molecule has 0 unspecified atom stereocenters. The van der Waals surface area contributed by atoms with Gasteiger partial charge in [-0.3, -0.25) is 4.79 Å². The Balaban J connectivity index is 1.50. The van der Waals surface area contributed by atoms with Gasteiger partial charge in [-0.25, -0.2) is 4.98 Å². The maximum atomic E-state index is 12.6. The van der Waals surface area contributed by atoms with Crippen molar-refractivity contribution >= 4 is 22.9 Å². The second-order valence-corrected chi connectivity index (χ2v) is 7.25. The number of hydrogen-bond acceptors (Lipinski definition) is 4. The molecule has 4 nitrogen and oxygen atoms in total. The largest absolute Gasteiger partial charge is 0.494 e. The summed E-state index contributed by atoms with van der Waals surface area (Å²) >= 11 is 1.61. The van der Waals surface area contributed by atoms with Crippen LogP contribution in [0.3, 0.4) is 0 Å². The Morgan fingerprint density at radius 1 is 0.966 bits per heavy atom. The molecule has 0 radical (unpaired) electrons. The molecule has 0 saturated heterocycles. The van der Waals surface area contributed by atoms with Gasteiger partial charge in [-0.2, -0.15) is 0 Å². The highest BCUT2D eigenvalue weighted by Gasteiger charge is 2.10. The summed E-state index contributed by atoms with van der Waals surface area (Å²) in [4.78, 5) is 17.3. The van der Waals surface area contributed by atoms with Gasteiger partial charge in [0, 0.05) is 27.8 Å². The van der Waals surface area contributed by atoms with Crippen molar-refractivity contribution in [2.24, 2.45) is 0 Å². The third-order valence-electron chi connectivity index (χ3n) is 4.37. The summed E-state index contributed by atoms with van der Waals surface area (Å²) in [7, 11) is 0. The molecule has 29 heavy (non-hydrogen) atoms. The number of aromatic nitrogens is 1. The minimum atomic E-state index is -0.159. The van der Waals surface area contributed by atoms with Crippen LogP contribution in [0.4, 0.5) is 5.69 Å². The van der Waals surface area contributed by atoms with E-state index in [1.54, 1.807) is 35.6 Å². The third kappa shape index (κ3) is 4.52. The van der Waals surface area contributed by atoms with E-state index in [4.69, 9.17) is 9.72 Å². The SMILES string of the molecule is CCOc1ccc(C(=O)Nc2cccc(-c3csc(-c4ccccc4)n3)c2)cc1. The summed E-state index contributed by atoms with van der Waals surface area (Å²) in [6.07, 6.45) is 0. The van der Waals surface area contributed by atoms with Crippen LogP contribution in [0.25, 0.3) is 21.8 Å². The van der Waals surface area contributed by atoms with Crippen molar-refractivity contribution in [1.29, 1.82) is 0 Å². The minimum Gasteiger partial charge on any atom is -0.494 e. The van der Waals surface area contributed by atoms with Gasteiger partial charge in [-0.15, -0.1) is 11.3 Å². The first-order valence-corrected chi connectivity index (χ1v) is 10.3. The summed E-state index contributed by atoms with van der Waals surface area (Å²) in [5, 5.41) is 5.97. The summed E-state index contributed by atoms with van der Waals surface area (Å²) < 4.78 is 5.42. The van der Waals surface area contributed by atoms with Gasteiger partial charge in [0.25, 0.3) is 5.91 Å². The molecule has 0 aliphatic rings. The van der Waals surface area contributed by atoms with Crippen molar-refractivity contribution in [2.45, 2.75) is 6.92 Å². The lowest BCUT2D eigenvalue weighted by Crippen LogP contribution is -2.11. The van der Waals surface area contributed by atoms with Gasteiger partial charge in [0.15, 0.2) is 0 Å². The second-order valence-electron chi connectivity index (χ2n) is 6.40. The standard InChI is InChI=1S/C24H20N2O2S/c1-2-28-21-13-11-17(12-14-21)23(27)25-20-10-6-9-19(15-20)22-16-29-24(26-22)18-7-4-3-5-8-18/h3-16H,2H2,1H3,(H,25,27). The highest BCUT2D eigenvalue weighted by Crippen LogP contribution is 2.30. The molecular formula is C24H20N2O2S. The highest BCUT2D eigenvalue weighted by atomic mass is 32.1. The molecule has 1 aromatic heterocycles. The number of nitrogens with zero attached hydrogens (tertiary/aromatic N) is 1. The molecule has 1 heterocycles. The van der Waals surface area contributed by atoms with Gasteiger partial charge >= 0.3 is 0 Å². The van der Waals surface area contributed by atoms with Crippen molar-refractivity contribution in [1.82, 2.24) is 4.98 Å². The van der Waals surface area contributed by atoms with Crippen molar-refractivity contribution in [3.63, 3.8) is 0 Å². The number of nitrogens with one attached hydrogen (secondary N) is 1. The fourth-order valence-electron chi connectivity index (χ4n) is 2.95. The van der Waals surface area contributed by atoms with E-state index in [-0.39, 0.29) is 5.91 Å². The molecule has 0 fully saturated rings. The zero-order valence-electron chi connectivity index (χ0n) is 16.0. The van der Waals surface area contributed by atoms with Crippen LogP contribution in [0, 0.1) is 0 Å². The molecule has 3 aromatic carbocycles. The van der Waals surface area contributed by atoms with E-state index in [1.807, 2.05) is 54.8 Å². The summed E-state index contributed by atoms with van der Waals surface area (Å²) in [5.41, 5.74) is 4.28. The van der Waals surface area contributed by atoms with Crippen LogP contribution in [-0.4, -0.2) is 17.5 Å². The average molecular weight is 401 g/mol. The fourth-order valence-corrected chi connectivity index (χ4v) is 3.78. The van der Waals surface area contributed by atoms with Crippen molar-refractivity contribution in [2.75, 3.05) is 11.9 Å². The number of carbonyl (C=O) groups excluding carboxylic acids is 1. The first kappa shape index (κ1) is 18.9. The zero-order chi connectivity index (χ0) is 20.1. The summed E-state index contributed by atoms with van der Waals surface area (Å²) in [6, 6.07) is 25.0. The Bertz CT molecular complexity index is 1110. The molecule has 0 spiro atoms. The van der Waals surface area contributed by atoms with E-state index in [0.29, 0.717) is 12.2 Å². The first-order chi connectivity index (χ1) is 14.2. The molecule has 0 saturated carbocycles. The normalized spacial score (nSPS) is 10.5. The predicted octanol–water partition coefficient (Wildman–Crippen LogP) is 6.13. The number of amides is 1. The van der Waals surface area contributed by atoms with Gasteiger partial charge in [0.1, 0.15) is 10.8 Å². The van der Waals surface area contributed by atoms with Crippen LogP contribution < -0.4 is 10.1 Å². The quantitative estimate of drug-likeness (QED) is 0.424. The van der Waals surface area contributed by atoms with E-state index in [9.17, 15) is 4.79 Å². The zero-order valence-corrected chi connectivity index (χ0v) is 16.8. The Hall–Kier alpha value is -3.44. The fraction of sp³-hybridized carbons (Fsp3) is 0.0833. The van der Waals surface area contributed by atoms with E-state index >= 15 is 0 Å². The monoisotopic (exact) mass is 400 g/mol. The van der Waals surface area contributed by atoms with Crippen LogP contribution in [-0.2, 0) is 0 Å². The summed E-state index contributed by atoms with van der Waals surface area (Å²) in [6.45, 7) is 2.53. The minimum absolute atomic E-state index is 0.159. The molecule has 0 bridgehead atoms. The first-order valence-electron chi connectivity index (χ1n) is 9.38. The Morgan fingerprint density at radius 2 is 1.72 bits per heavy atom. The lowest BCUT2D eigenvalue weighted by Gasteiger charge is -2.08. The van der Waals surface area contributed by atoms with E-state index in [0.717, 1.165) is 33.3 Å². The van der Waals surface area contributed by atoms with Crippen LogP contribution in [0.5, 0.6) is 5.75 Å². The smallest absolute Gasteiger partial charge is 0.255 e. The number of benzene rings is 3. The van der Waals surface area contributed by atoms with Gasteiger partial charge in [-0.1, -0.05) is 42.5 Å². The van der Waals surface area contributed by atoms with Gasteiger partial charge in [0.05, 0.1) is 12.3 Å². The van der Waals surface area contributed by atoms with Crippen LogP contribution in [0.2, 0.25) is 0 Å². The topological polar surface area (TPSA) is 51.2 Å². The molecule has 4 rings (SSSR count). The number of rotatable bonds is 6.